The lowest BCUT2D eigenvalue weighted by Gasteiger charge is -2.23. The topological polar surface area (TPSA) is 61.3 Å². The summed E-state index contributed by atoms with van der Waals surface area (Å²) in [5.41, 5.74) is 5.28. The molecule has 0 fully saturated rings. The predicted molar refractivity (Wildman–Crippen MR) is 100 cm³/mol. The highest BCUT2D eigenvalue weighted by Gasteiger charge is 2.30. The second-order valence-electron chi connectivity index (χ2n) is 6.22. The largest absolute Gasteiger partial charge is 0.411 e. The van der Waals surface area contributed by atoms with Crippen molar-refractivity contribution in [2.24, 2.45) is 5.16 Å². The summed E-state index contributed by atoms with van der Waals surface area (Å²) in [6.07, 6.45) is 1.61. The molecule has 0 radical (unpaired) electrons. The number of nitrogens with zero attached hydrogens (tertiary/aromatic N) is 2. The highest BCUT2D eigenvalue weighted by Crippen LogP contribution is 2.37. The molecule has 2 N–H and O–H groups in total. The number of aromatic amines is 1. The van der Waals surface area contributed by atoms with E-state index in [1.165, 1.54) is 11.1 Å². The average molecular weight is 349 g/mol. The van der Waals surface area contributed by atoms with Crippen LogP contribution in [0.3, 0.4) is 0 Å². The monoisotopic (exact) mass is 349 g/mol. The standard InChI is InChI=1S/C20H19N3OS/c24-23-18-12-16(15-9-5-2-6-10-15)11-17-19(18)20(22-21-17)25-13-14-7-3-1-4-8-14/h1-10,16,24H,11-13H2,(H,21,22)/b23-18+. The SMILES string of the molecule is O/N=C1\CC(c2ccccc2)Cc2[nH]nc(SCc3ccccc3)c21. The van der Waals surface area contributed by atoms with E-state index in [4.69, 9.17) is 0 Å². The van der Waals surface area contributed by atoms with Gasteiger partial charge in [0.05, 0.1) is 11.3 Å². The zero-order valence-corrected chi connectivity index (χ0v) is 14.5. The molecular formula is C20H19N3OS. The molecule has 1 unspecified atom stereocenters. The molecule has 0 bridgehead atoms. The van der Waals surface area contributed by atoms with Crippen molar-refractivity contribution in [1.29, 1.82) is 0 Å². The van der Waals surface area contributed by atoms with Gasteiger partial charge in [0.25, 0.3) is 0 Å². The van der Waals surface area contributed by atoms with Gasteiger partial charge in [-0.15, -0.1) is 0 Å². The summed E-state index contributed by atoms with van der Waals surface area (Å²) < 4.78 is 0. The van der Waals surface area contributed by atoms with Gasteiger partial charge in [0.2, 0.25) is 0 Å². The Kier molecular flexibility index (Phi) is 4.57. The van der Waals surface area contributed by atoms with Crippen LogP contribution in [0.5, 0.6) is 0 Å². The minimum absolute atomic E-state index is 0.312. The molecule has 1 atom stereocenters. The van der Waals surface area contributed by atoms with Gasteiger partial charge in [0.1, 0.15) is 5.03 Å². The fraction of sp³-hybridized carbons (Fsp3) is 0.200. The molecule has 3 aromatic rings. The number of H-pyrrole nitrogens is 1. The molecule has 0 saturated carbocycles. The normalized spacial score (nSPS) is 18.2. The van der Waals surface area contributed by atoms with E-state index >= 15 is 0 Å². The van der Waals surface area contributed by atoms with Crippen LogP contribution in [0.4, 0.5) is 0 Å². The smallest absolute Gasteiger partial charge is 0.128 e. The van der Waals surface area contributed by atoms with E-state index in [2.05, 4.69) is 51.8 Å². The van der Waals surface area contributed by atoms with E-state index in [-0.39, 0.29) is 0 Å². The van der Waals surface area contributed by atoms with Crippen molar-refractivity contribution in [3.63, 3.8) is 0 Å². The van der Waals surface area contributed by atoms with Gasteiger partial charge >= 0.3 is 0 Å². The third-order valence-corrected chi connectivity index (χ3v) is 5.64. The second-order valence-corrected chi connectivity index (χ2v) is 7.18. The maximum Gasteiger partial charge on any atom is 0.128 e. The van der Waals surface area contributed by atoms with E-state index in [0.29, 0.717) is 5.92 Å². The first-order valence-corrected chi connectivity index (χ1v) is 9.34. The van der Waals surface area contributed by atoms with Crippen molar-refractivity contribution in [1.82, 2.24) is 10.2 Å². The summed E-state index contributed by atoms with van der Waals surface area (Å²) in [5, 5.41) is 21.7. The minimum atomic E-state index is 0.312. The Labute approximate surface area is 151 Å². The summed E-state index contributed by atoms with van der Waals surface area (Å²) in [6, 6.07) is 20.7. The molecular weight excluding hydrogens is 330 g/mol. The van der Waals surface area contributed by atoms with Crippen LogP contribution in [0, 0.1) is 0 Å². The Balaban J connectivity index is 1.58. The summed E-state index contributed by atoms with van der Waals surface area (Å²) in [4.78, 5) is 0. The Morgan fingerprint density at radius 3 is 2.48 bits per heavy atom. The van der Waals surface area contributed by atoms with Crippen LogP contribution >= 0.6 is 11.8 Å². The lowest BCUT2D eigenvalue weighted by Crippen LogP contribution is -2.19. The molecule has 4 nitrogen and oxygen atoms in total. The molecule has 0 amide bonds. The quantitative estimate of drug-likeness (QED) is 0.411. The van der Waals surface area contributed by atoms with Crippen LogP contribution in [-0.4, -0.2) is 21.1 Å². The molecule has 4 rings (SSSR count). The van der Waals surface area contributed by atoms with E-state index in [0.717, 1.165) is 40.6 Å². The Hall–Kier alpha value is -2.53. The Morgan fingerprint density at radius 1 is 1.04 bits per heavy atom. The van der Waals surface area contributed by atoms with Gasteiger partial charge in [-0.1, -0.05) is 77.6 Å². The van der Waals surface area contributed by atoms with Crippen LogP contribution in [0.1, 0.15) is 34.7 Å². The first kappa shape index (κ1) is 16.0. The van der Waals surface area contributed by atoms with Gasteiger partial charge in [-0.25, -0.2) is 0 Å². The number of hydrogen-bond donors (Lipinski definition) is 2. The van der Waals surface area contributed by atoms with Gasteiger partial charge in [-0.05, 0) is 23.5 Å². The van der Waals surface area contributed by atoms with Crippen LogP contribution in [0.25, 0.3) is 0 Å². The number of aromatic nitrogens is 2. The van der Waals surface area contributed by atoms with Gasteiger partial charge in [-0.2, -0.15) is 5.10 Å². The fourth-order valence-electron chi connectivity index (χ4n) is 3.34. The van der Waals surface area contributed by atoms with Crippen LogP contribution in [0.2, 0.25) is 0 Å². The number of fused-ring (bicyclic) bond motifs is 1. The third-order valence-electron chi connectivity index (χ3n) is 4.60. The molecule has 0 aliphatic heterocycles. The fourth-order valence-corrected chi connectivity index (χ4v) is 4.33. The summed E-state index contributed by atoms with van der Waals surface area (Å²) >= 11 is 1.68. The van der Waals surface area contributed by atoms with Crippen molar-refractivity contribution < 1.29 is 5.21 Å². The molecule has 1 aliphatic rings. The first-order chi connectivity index (χ1) is 12.3. The predicted octanol–water partition coefficient (Wildman–Crippen LogP) is 4.61. The summed E-state index contributed by atoms with van der Waals surface area (Å²) in [7, 11) is 0. The summed E-state index contributed by atoms with van der Waals surface area (Å²) in [5.74, 6) is 1.16. The highest BCUT2D eigenvalue weighted by molar-refractivity contribution is 7.98. The van der Waals surface area contributed by atoms with Gasteiger partial charge < -0.3 is 5.21 Å². The van der Waals surface area contributed by atoms with Crippen LogP contribution in [0.15, 0.2) is 70.8 Å². The lowest BCUT2D eigenvalue weighted by atomic mass is 9.82. The van der Waals surface area contributed by atoms with E-state index < -0.39 is 0 Å². The molecule has 5 heteroatoms. The van der Waals surface area contributed by atoms with Gasteiger partial charge in [0, 0.05) is 17.9 Å². The minimum Gasteiger partial charge on any atom is -0.411 e. The molecule has 0 saturated heterocycles. The van der Waals surface area contributed by atoms with Gasteiger partial charge in [0.15, 0.2) is 0 Å². The molecule has 1 heterocycles. The van der Waals surface area contributed by atoms with Crippen LogP contribution < -0.4 is 0 Å². The molecule has 0 spiro atoms. The Morgan fingerprint density at radius 2 is 1.76 bits per heavy atom. The van der Waals surface area contributed by atoms with E-state index in [1.54, 1.807) is 11.8 Å². The van der Waals surface area contributed by atoms with Crippen molar-refractivity contribution in [2.75, 3.05) is 0 Å². The molecule has 1 aliphatic carbocycles. The summed E-state index contributed by atoms with van der Waals surface area (Å²) in [6.45, 7) is 0. The van der Waals surface area contributed by atoms with E-state index in [1.807, 2.05) is 24.3 Å². The van der Waals surface area contributed by atoms with Gasteiger partial charge in [-0.3, -0.25) is 5.10 Å². The van der Waals surface area contributed by atoms with E-state index in [9.17, 15) is 5.21 Å². The zero-order chi connectivity index (χ0) is 17.1. The van der Waals surface area contributed by atoms with Crippen molar-refractivity contribution in [3.05, 3.63) is 83.0 Å². The molecule has 126 valence electrons. The van der Waals surface area contributed by atoms with Crippen molar-refractivity contribution in [2.45, 2.75) is 29.5 Å². The highest BCUT2D eigenvalue weighted by atomic mass is 32.2. The van der Waals surface area contributed by atoms with Crippen molar-refractivity contribution in [3.8, 4) is 0 Å². The zero-order valence-electron chi connectivity index (χ0n) is 13.7. The lowest BCUT2D eigenvalue weighted by molar-refractivity contribution is 0.316. The number of oxime groups is 1. The third kappa shape index (κ3) is 3.33. The molecule has 1 aromatic heterocycles. The maximum atomic E-state index is 9.57. The first-order valence-electron chi connectivity index (χ1n) is 8.35. The molecule has 2 aromatic carbocycles. The molecule has 25 heavy (non-hydrogen) atoms. The Bertz CT molecular complexity index is 861. The van der Waals surface area contributed by atoms with Crippen molar-refractivity contribution >= 4 is 17.5 Å². The number of thioether (sulfide) groups is 1. The number of nitrogens with one attached hydrogen (secondary N) is 1. The number of rotatable bonds is 4. The van der Waals surface area contributed by atoms with Crippen LogP contribution in [-0.2, 0) is 12.2 Å². The second kappa shape index (κ2) is 7.15. The number of hydrogen-bond acceptors (Lipinski definition) is 4. The number of benzene rings is 2. The maximum absolute atomic E-state index is 9.57. The average Bonchev–Trinajstić information content (AvgIpc) is 3.10.